The molecule has 1 heterocycles. The summed E-state index contributed by atoms with van der Waals surface area (Å²) >= 11 is 5.17. The summed E-state index contributed by atoms with van der Waals surface area (Å²) in [7, 11) is 1.75. The molecule has 0 bridgehead atoms. The van der Waals surface area contributed by atoms with Gasteiger partial charge in [-0.2, -0.15) is 0 Å². The Hall–Kier alpha value is -1.53. The molecule has 0 saturated carbocycles. The number of rotatable bonds is 6. The maximum atomic E-state index is 12.1. The van der Waals surface area contributed by atoms with Gasteiger partial charge in [0.25, 0.3) is 0 Å². The maximum Gasteiger partial charge on any atom is 0.410 e. The van der Waals surface area contributed by atoms with E-state index >= 15 is 0 Å². The number of hydrogen-bond acceptors (Lipinski definition) is 4. The van der Waals surface area contributed by atoms with Crippen LogP contribution in [-0.4, -0.2) is 30.2 Å². The highest BCUT2D eigenvalue weighted by molar-refractivity contribution is 9.10. The van der Waals surface area contributed by atoms with Gasteiger partial charge in [-0.05, 0) is 60.3 Å². The molecule has 0 radical (unpaired) electrons. The lowest BCUT2D eigenvalue weighted by Crippen LogP contribution is -2.35. The van der Waals surface area contributed by atoms with E-state index in [-0.39, 0.29) is 12.2 Å². The zero-order valence-corrected chi connectivity index (χ0v) is 17.4. The molecule has 1 aromatic carbocycles. The zero-order valence-electron chi connectivity index (χ0n) is 15.0. The number of benzene rings is 1. The van der Waals surface area contributed by atoms with Gasteiger partial charge in [-0.15, -0.1) is 11.3 Å². The van der Waals surface area contributed by atoms with E-state index in [2.05, 4.69) is 22.0 Å². The predicted molar refractivity (Wildman–Crippen MR) is 105 cm³/mol. The van der Waals surface area contributed by atoms with E-state index in [1.807, 2.05) is 56.5 Å². The molecule has 1 aromatic heterocycles. The molecule has 0 N–H and O–H groups in total. The van der Waals surface area contributed by atoms with Crippen LogP contribution in [0.3, 0.4) is 0 Å². The van der Waals surface area contributed by atoms with Crippen LogP contribution in [0.1, 0.15) is 38.2 Å². The van der Waals surface area contributed by atoms with Crippen molar-refractivity contribution in [1.82, 2.24) is 4.90 Å². The topological polar surface area (TPSA) is 38.8 Å². The van der Waals surface area contributed by atoms with Crippen molar-refractivity contribution in [2.45, 2.75) is 38.9 Å². The quantitative estimate of drug-likeness (QED) is 0.578. The van der Waals surface area contributed by atoms with Crippen molar-refractivity contribution in [3.63, 3.8) is 0 Å². The number of thiophene rings is 1. The molecule has 2 aromatic rings. The Morgan fingerprint density at radius 3 is 2.56 bits per heavy atom. The van der Waals surface area contributed by atoms with Crippen LogP contribution in [0.4, 0.5) is 4.79 Å². The van der Waals surface area contributed by atoms with E-state index in [9.17, 15) is 4.79 Å². The molecule has 1 amide bonds. The normalized spacial score (nSPS) is 12.5. The number of ether oxygens (including phenoxy) is 2. The summed E-state index contributed by atoms with van der Waals surface area (Å²) in [6.07, 6.45) is 0.235. The van der Waals surface area contributed by atoms with Gasteiger partial charge in [0, 0.05) is 24.9 Å². The van der Waals surface area contributed by atoms with Gasteiger partial charge in [0.05, 0.1) is 4.47 Å². The number of hydrogen-bond donors (Lipinski definition) is 0. The highest BCUT2D eigenvalue weighted by Crippen LogP contribution is 2.32. The van der Waals surface area contributed by atoms with Crippen molar-refractivity contribution in [2.24, 2.45) is 0 Å². The van der Waals surface area contributed by atoms with Gasteiger partial charge in [0.1, 0.15) is 17.5 Å². The largest absolute Gasteiger partial charge is 0.484 e. The minimum Gasteiger partial charge on any atom is -0.484 e. The summed E-state index contributed by atoms with van der Waals surface area (Å²) in [4.78, 5) is 14.9. The van der Waals surface area contributed by atoms with E-state index in [1.165, 1.54) is 0 Å². The second-order valence-electron chi connectivity index (χ2n) is 6.74. The van der Waals surface area contributed by atoms with E-state index in [4.69, 9.17) is 9.47 Å². The molecule has 0 fully saturated rings. The molecule has 4 nitrogen and oxygen atoms in total. The lowest BCUT2D eigenvalue weighted by atomic mass is 10.2. The average Bonchev–Trinajstić information content (AvgIpc) is 3.05. The fourth-order valence-corrected chi connectivity index (χ4v) is 3.34. The molecule has 6 heteroatoms. The van der Waals surface area contributed by atoms with Crippen LogP contribution < -0.4 is 4.74 Å². The smallest absolute Gasteiger partial charge is 0.410 e. The molecule has 0 aliphatic rings. The van der Waals surface area contributed by atoms with Gasteiger partial charge < -0.3 is 14.4 Å². The van der Waals surface area contributed by atoms with Crippen molar-refractivity contribution in [1.29, 1.82) is 0 Å². The Morgan fingerprint density at radius 1 is 1.24 bits per heavy atom. The molecule has 0 saturated heterocycles. The summed E-state index contributed by atoms with van der Waals surface area (Å²) in [5.74, 6) is 0.792. The Bertz CT molecular complexity index is 682. The standard InChI is InChI=1S/C19H24BrNO3S/c1-19(2,3)24-18(22)21(4)12-11-16(17-10-7-13-25-17)23-15-9-6-5-8-14(15)20/h5-10,13,16H,11-12H2,1-4H3/t16-/m0/s1. The van der Waals surface area contributed by atoms with Crippen LogP contribution in [0.15, 0.2) is 46.3 Å². The van der Waals surface area contributed by atoms with Crippen LogP contribution in [0, 0.1) is 0 Å². The summed E-state index contributed by atoms with van der Waals surface area (Å²) in [5.41, 5.74) is -0.496. The zero-order chi connectivity index (χ0) is 18.4. The van der Waals surface area contributed by atoms with Crippen LogP contribution in [0.2, 0.25) is 0 Å². The average molecular weight is 426 g/mol. The number of amides is 1. The lowest BCUT2D eigenvalue weighted by molar-refractivity contribution is 0.0279. The van der Waals surface area contributed by atoms with Crippen LogP contribution in [0.5, 0.6) is 5.75 Å². The van der Waals surface area contributed by atoms with Crippen LogP contribution in [0.25, 0.3) is 0 Å². The Labute approximate surface area is 161 Å². The van der Waals surface area contributed by atoms with Gasteiger partial charge in [-0.3, -0.25) is 0 Å². The van der Waals surface area contributed by atoms with E-state index in [0.29, 0.717) is 13.0 Å². The number of nitrogens with zero attached hydrogens (tertiary/aromatic N) is 1. The fraction of sp³-hybridized carbons (Fsp3) is 0.421. The van der Waals surface area contributed by atoms with Crippen LogP contribution in [-0.2, 0) is 4.74 Å². The molecular weight excluding hydrogens is 402 g/mol. The Kier molecular flexibility index (Phi) is 6.90. The highest BCUT2D eigenvalue weighted by atomic mass is 79.9. The molecule has 0 aliphatic heterocycles. The maximum absolute atomic E-state index is 12.1. The minimum absolute atomic E-state index is 0.122. The van der Waals surface area contributed by atoms with Gasteiger partial charge in [-0.1, -0.05) is 18.2 Å². The Balaban J connectivity index is 2.03. The summed E-state index contributed by atoms with van der Waals surface area (Å²) in [5, 5.41) is 2.03. The third kappa shape index (κ3) is 6.36. The van der Waals surface area contributed by atoms with E-state index in [0.717, 1.165) is 15.1 Å². The van der Waals surface area contributed by atoms with Gasteiger partial charge in [0.2, 0.25) is 0 Å². The molecule has 0 spiro atoms. The van der Waals surface area contributed by atoms with Crippen molar-refractivity contribution in [3.8, 4) is 5.75 Å². The van der Waals surface area contributed by atoms with Crippen molar-refractivity contribution in [3.05, 3.63) is 51.1 Å². The molecule has 136 valence electrons. The SMILES string of the molecule is CN(CC[C@H](Oc1ccccc1Br)c1cccs1)C(=O)OC(C)(C)C. The predicted octanol–water partition coefficient (Wildman–Crippen LogP) is 5.89. The minimum atomic E-state index is -0.496. The number of carbonyl (C=O) groups is 1. The number of halogens is 1. The lowest BCUT2D eigenvalue weighted by Gasteiger charge is -2.26. The highest BCUT2D eigenvalue weighted by Gasteiger charge is 2.22. The van der Waals surface area contributed by atoms with Gasteiger partial charge in [-0.25, -0.2) is 4.79 Å². The monoisotopic (exact) mass is 425 g/mol. The van der Waals surface area contributed by atoms with Gasteiger partial charge in [0.15, 0.2) is 0 Å². The van der Waals surface area contributed by atoms with Crippen LogP contribution >= 0.6 is 27.3 Å². The second kappa shape index (κ2) is 8.72. The summed E-state index contributed by atoms with van der Waals surface area (Å²) < 4.78 is 12.5. The first-order valence-corrected chi connectivity index (χ1v) is 9.82. The molecular formula is C19H24BrNO3S. The molecule has 1 atom stereocenters. The molecule has 0 aliphatic carbocycles. The number of para-hydroxylation sites is 1. The van der Waals surface area contributed by atoms with Crippen molar-refractivity contribution in [2.75, 3.05) is 13.6 Å². The third-order valence-corrected chi connectivity index (χ3v) is 5.02. The molecule has 25 heavy (non-hydrogen) atoms. The first kappa shape index (κ1) is 19.8. The van der Waals surface area contributed by atoms with E-state index in [1.54, 1.807) is 23.3 Å². The van der Waals surface area contributed by atoms with Gasteiger partial charge >= 0.3 is 6.09 Å². The summed E-state index contributed by atoms with van der Waals surface area (Å²) in [6, 6.07) is 11.8. The molecule has 2 rings (SSSR count). The first-order chi connectivity index (χ1) is 11.8. The second-order valence-corrected chi connectivity index (χ2v) is 8.58. The first-order valence-electron chi connectivity index (χ1n) is 8.15. The third-order valence-electron chi connectivity index (χ3n) is 3.40. The Morgan fingerprint density at radius 2 is 1.96 bits per heavy atom. The fourth-order valence-electron chi connectivity index (χ4n) is 2.17. The van der Waals surface area contributed by atoms with Crippen molar-refractivity contribution < 1.29 is 14.3 Å². The number of carbonyl (C=O) groups excluding carboxylic acids is 1. The molecule has 0 unspecified atom stereocenters. The van der Waals surface area contributed by atoms with Crippen molar-refractivity contribution >= 4 is 33.4 Å². The van der Waals surface area contributed by atoms with E-state index < -0.39 is 5.60 Å². The summed E-state index contributed by atoms with van der Waals surface area (Å²) in [6.45, 7) is 6.14.